The van der Waals surface area contributed by atoms with E-state index in [2.05, 4.69) is 24.4 Å². The molecule has 0 atom stereocenters. The van der Waals surface area contributed by atoms with Gasteiger partial charge in [0, 0.05) is 13.0 Å². The van der Waals surface area contributed by atoms with Crippen molar-refractivity contribution in [3.63, 3.8) is 0 Å². The monoisotopic (exact) mass is 241 g/mol. The fourth-order valence-electron chi connectivity index (χ4n) is 1.65. The third kappa shape index (κ3) is 13.1. The van der Waals surface area contributed by atoms with Gasteiger partial charge in [0.15, 0.2) is 0 Å². The van der Waals surface area contributed by atoms with Crippen molar-refractivity contribution in [1.29, 1.82) is 0 Å². The minimum Gasteiger partial charge on any atom is -0.395 e. The molecule has 0 aliphatic heterocycles. The summed E-state index contributed by atoms with van der Waals surface area (Å²) in [5, 5.41) is 11.2. The fourth-order valence-corrected chi connectivity index (χ4v) is 1.65. The maximum atomic E-state index is 11.2. The first-order valence-electron chi connectivity index (χ1n) is 6.83. The molecule has 0 aliphatic carbocycles. The Hall–Kier alpha value is -0.830. The van der Waals surface area contributed by atoms with Crippen LogP contribution in [0.3, 0.4) is 0 Å². The number of unbranched alkanes of at least 4 members (excludes halogenated alkanes) is 5. The zero-order chi connectivity index (χ0) is 12.8. The maximum absolute atomic E-state index is 11.2. The van der Waals surface area contributed by atoms with Crippen molar-refractivity contribution < 1.29 is 9.90 Å². The lowest BCUT2D eigenvalue weighted by atomic mass is 10.1. The summed E-state index contributed by atoms with van der Waals surface area (Å²) in [5.41, 5.74) is 0. The van der Waals surface area contributed by atoms with Gasteiger partial charge in [0.2, 0.25) is 5.91 Å². The Bertz CT molecular complexity index is 202. The van der Waals surface area contributed by atoms with Crippen LogP contribution in [0.25, 0.3) is 0 Å². The number of carbonyl (C=O) groups is 1. The topological polar surface area (TPSA) is 49.3 Å². The van der Waals surface area contributed by atoms with Crippen LogP contribution in [-0.2, 0) is 4.79 Å². The molecule has 17 heavy (non-hydrogen) atoms. The van der Waals surface area contributed by atoms with Gasteiger partial charge in [-0.1, -0.05) is 38.3 Å². The van der Waals surface area contributed by atoms with Crippen molar-refractivity contribution in [3.05, 3.63) is 12.2 Å². The predicted molar refractivity (Wildman–Crippen MR) is 71.8 cm³/mol. The highest BCUT2D eigenvalue weighted by Gasteiger charge is 1.99. The molecular weight excluding hydrogens is 214 g/mol. The third-order valence-corrected chi connectivity index (χ3v) is 2.61. The largest absolute Gasteiger partial charge is 0.395 e. The van der Waals surface area contributed by atoms with Crippen molar-refractivity contribution in [3.8, 4) is 0 Å². The number of carbonyl (C=O) groups excluding carboxylic acids is 1. The number of hydrogen-bond donors (Lipinski definition) is 2. The Morgan fingerprint density at radius 1 is 1.12 bits per heavy atom. The molecule has 0 aromatic carbocycles. The van der Waals surface area contributed by atoms with E-state index in [1.807, 2.05) is 0 Å². The number of nitrogens with one attached hydrogen (secondary N) is 1. The summed E-state index contributed by atoms with van der Waals surface area (Å²) in [6, 6.07) is 0. The number of hydrogen-bond acceptors (Lipinski definition) is 2. The highest BCUT2D eigenvalue weighted by atomic mass is 16.3. The maximum Gasteiger partial charge on any atom is 0.220 e. The van der Waals surface area contributed by atoms with Gasteiger partial charge >= 0.3 is 0 Å². The van der Waals surface area contributed by atoms with E-state index in [1.54, 1.807) is 0 Å². The van der Waals surface area contributed by atoms with Gasteiger partial charge in [-0.2, -0.15) is 0 Å². The molecule has 0 saturated heterocycles. The van der Waals surface area contributed by atoms with Crippen LogP contribution in [0.15, 0.2) is 12.2 Å². The Labute approximate surface area is 105 Å². The second-order valence-corrected chi connectivity index (χ2v) is 4.26. The first kappa shape index (κ1) is 16.2. The average molecular weight is 241 g/mol. The van der Waals surface area contributed by atoms with E-state index >= 15 is 0 Å². The van der Waals surface area contributed by atoms with Crippen molar-refractivity contribution >= 4 is 5.91 Å². The number of aliphatic hydroxyl groups is 1. The SMILES string of the molecule is CCC=CCCCCCCCC(=O)NCCO. The first-order valence-corrected chi connectivity index (χ1v) is 6.83. The van der Waals surface area contributed by atoms with Crippen LogP contribution in [0.1, 0.15) is 58.3 Å². The van der Waals surface area contributed by atoms with Gasteiger partial charge in [0.1, 0.15) is 0 Å². The standard InChI is InChI=1S/C14H27NO2/c1-2-3-4-5-6-7-8-9-10-11-14(17)15-12-13-16/h3-4,16H,2,5-13H2,1H3,(H,15,17). The molecule has 2 N–H and O–H groups in total. The van der Waals surface area contributed by atoms with Crippen LogP contribution in [0.5, 0.6) is 0 Å². The van der Waals surface area contributed by atoms with E-state index < -0.39 is 0 Å². The van der Waals surface area contributed by atoms with Gasteiger partial charge in [-0.05, 0) is 25.7 Å². The molecule has 0 aromatic rings. The van der Waals surface area contributed by atoms with Crippen LogP contribution in [0.4, 0.5) is 0 Å². The predicted octanol–water partition coefficient (Wildman–Crippen LogP) is 2.79. The van der Waals surface area contributed by atoms with E-state index in [-0.39, 0.29) is 12.5 Å². The van der Waals surface area contributed by atoms with Crippen LogP contribution in [0.2, 0.25) is 0 Å². The van der Waals surface area contributed by atoms with E-state index in [9.17, 15) is 4.79 Å². The zero-order valence-electron chi connectivity index (χ0n) is 11.1. The summed E-state index contributed by atoms with van der Waals surface area (Å²) in [6.45, 7) is 2.55. The lowest BCUT2D eigenvalue weighted by Crippen LogP contribution is -2.25. The Balaban J connectivity index is 3.12. The molecule has 0 radical (unpaired) electrons. The van der Waals surface area contributed by atoms with Gasteiger partial charge < -0.3 is 10.4 Å². The Morgan fingerprint density at radius 2 is 1.82 bits per heavy atom. The molecule has 0 heterocycles. The van der Waals surface area contributed by atoms with Gasteiger partial charge in [0.05, 0.1) is 6.61 Å². The molecular formula is C14H27NO2. The van der Waals surface area contributed by atoms with Gasteiger partial charge in [-0.15, -0.1) is 0 Å². The molecule has 0 aromatic heterocycles. The summed E-state index contributed by atoms with van der Waals surface area (Å²) in [5.74, 6) is 0.0601. The number of allylic oxidation sites excluding steroid dienone is 2. The molecule has 0 unspecified atom stereocenters. The molecule has 3 heteroatoms. The molecule has 100 valence electrons. The molecule has 0 bridgehead atoms. The molecule has 0 saturated carbocycles. The summed E-state index contributed by atoms with van der Waals surface area (Å²) in [6.07, 6.45) is 13.2. The van der Waals surface area contributed by atoms with Crippen molar-refractivity contribution in [2.24, 2.45) is 0 Å². The minimum absolute atomic E-state index is 0.0248. The van der Waals surface area contributed by atoms with E-state index in [4.69, 9.17) is 5.11 Å². The highest BCUT2D eigenvalue weighted by molar-refractivity contribution is 5.75. The van der Waals surface area contributed by atoms with Crippen molar-refractivity contribution in [1.82, 2.24) is 5.32 Å². The van der Waals surface area contributed by atoms with E-state index in [0.717, 1.165) is 19.3 Å². The molecule has 0 rings (SSSR count). The summed E-state index contributed by atoms with van der Waals surface area (Å²) in [4.78, 5) is 11.2. The minimum atomic E-state index is 0.0248. The number of rotatable bonds is 11. The van der Waals surface area contributed by atoms with Gasteiger partial charge in [-0.25, -0.2) is 0 Å². The van der Waals surface area contributed by atoms with Gasteiger partial charge in [-0.3, -0.25) is 4.79 Å². The van der Waals surface area contributed by atoms with E-state index in [0.29, 0.717) is 13.0 Å². The first-order chi connectivity index (χ1) is 8.31. The molecule has 0 fully saturated rings. The third-order valence-electron chi connectivity index (χ3n) is 2.61. The summed E-state index contributed by atoms with van der Waals surface area (Å²) in [7, 11) is 0. The number of amides is 1. The van der Waals surface area contributed by atoms with Crippen molar-refractivity contribution in [2.75, 3.05) is 13.2 Å². The Morgan fingerprint density at radius 3 is 2.53 bits per heavy atom. The molecule has 1 amide bonds. The normalized spacial score (nSPS) is 10.9. The van der Waals surface area contributed by atoms with E-state index in [1.165, 1.54) is 25.7 Å². The quantitative estimate of drug-likeness (QED) is 0.431. The molecule has 0 aliphatic rings. The lowest BCUT2D eigenvalue weighted by molar-refractivity contribution is -0.121. The van der Waals surface area contributed by atoms with Gasteiger partial charge in [0.25, 0.3) is 0 Å². The summed E-state index contributed by atoms with van der Waals surface area (Å²) < 4.78 is 0. The second kappa shape index (κ2) is 13.2. The zero-order valence-corrected chi connectivity index (χ0v) is 11.1. The lowest BCUT2D eigenvalue weighted by Gasteiger charge is -2.02. The highest BCUT2D eigenvalue weighted by Crippen LogP contribution is 2.07. The fraction of sp³-hybridized carbons (Fsp3) is 0.786. The van der Waals surface area contributed by atoms with Crippen LogP contribution in [0, 0.1) is 0 Å². The Kier molecular flexibility index (Phi) is 12.6. The van der Waals surface area contributed by atoms with Crippen LogP contribution in [-0.4, -0.2) is 24.2 Å². The summed E-state index contributed by atoms with van der Waals surface area (Å²) >= 11 is 0. The van der Waals surface area contributed by atoms with Crippen LogP contribution >= 0.6 is 0 Å². The van der Waals surface area contributed by atoms with Crippen molar-refractivity contribution in [2.45, 2.75) is 58.3 Å². The molecule has 3 nitrogen and oxygen atoms in total. The average Bonchev–Trinajstić information content (AvgIpc) is 2.34. The molecule has 0 spiro atoms. The second-order valence-electron chi connectivity index (χ2n) is 4.26. The number of aliphatic hydroxyl groups excluding tert-OH is 1. The smallest absolute Gasteiger partial charge is 0.220 e. The van der Waals surface area contributed by atoms with Crippen LogP contribution < -0.4 is 5.32 Å².